The van der Waals surface area contributed by atoms with Crippen molar-refractivity contribution in [2.45, 2.75) is 12.5 Å². The van der Waals surface area contributed by atoms with Crippen LogP contribution < -0.4 is 0 Å². The zero-order chi connectivity index (χ0) is 9.68. The van der Waals surface area contributed by atoms with Crippen LogP contribution in [0.2, 0.25) is 0 Å². The van der Waals surface area contributed by atoms with Crippen molar-refractivity contribution in [3.05, 3.63) is 12.2 Å². The zero-order valence-corrected chi connectivity index (χ0v) is 7.77. The standard InChI is InChI=1S/C9H15NO3/c1-13-8-4-6-10(7-8)5-2-3-9(11)12/h2-3,8H,4-7H2,1H3,(H,11,12)/t8-/m0/s1. The van der Waals surface area contributed by atoms with Crippen molar-refractivity contribution in [1.82, 2.24) is 4.90 Å². The van der Waals surface area contributed by atoms with Crippen LogP contribution in [0.1, 0.15) is 6.42 Å². The van der Waals surface area contributed by atoms with Gasteiger partial charge in [-0.3, -0.25) is 4.90 Å². The van der Waals surface area contributed by atoms with Crippen LogP contribution in [0.4, 0.5) is 0 Å². The molecule has 0 aromatic heterocycles. The van der Waals surface area contributed by atoms with Gasteiger partial charge in [0.1, 0.15) is 0 Å². The lowest BCUT2D eigenvalue weighted by Crippen LogP contribution is -2.22. The van der Waals surface area contributed by atoms with Gasteiger partial charge in [0, 0.05) is 32.8 Å². The Morgan fingerprint density at radius 2 is 2.54 bits per heavy atom. The van der Waals surface area contributed by atoms with Crippen LogP contribution in [-0.4, -0.2) is 48.8 Å². The minimum Gasteiger partial charge on any atom is -0.478 e. The molecular formula is C9H15NO3. The van der Waals surface area contributed by atoms with Gasteiger partial charge in [0.15, 0.2) is 0 Å². The van der Waals surface area contributed by atoms with E-state index in [0.717, 1.165) is 19.5 Å². The Hall–Kier alpha value is -0.870. The molecule has 0 radical (unpaired) electrons. The lowest BCUT2D eigenvalue weighted by atomic mass is 10.3. The van der Waals surface area contributed by atoms with E-state index in [2.05, 4.69) is 4.90 Å². The molecule has 0 aliphatic carbocycles. The van der Waals surface area contributed by atoms with E-state index in [1.807, 2.05) is 0 Å². The number of hydrogen-bond donors (Lipinski definition) is 1. The maximum atomic E-state index is 10.2. The number of likely N-dealkylation sites (tertiary alicyclic amines) is 1. The number of methoxy groups -OCH3 is 1. The lowest BCUT2D eigenvalue weighted by Gasteiger charge is -2.12. The second kappa shape index (κ2) is 4.99. The van der Waals surface area contributed by atoms with Gasteiger partial charge < -0.3 is 9.84 Å². The number of carboxylic acid groups (broad SMARTS) is 1. The molecule has 0 aromatic carbocycles. The quantitative estimate of drug-likeness (QED) is 0.642. The summed E-state index contributed by atoms with van der Waals surface area (Å²) < 4.78 is 5.19. The summed E-state index contributed by atoms with van der Waals surface area (Å²) in [6.45, 7) is 2.59. The molecule has 1 fully saturated rings. The lowest BCUT2D eigenvalue weighted by molar-refractivity contribution is -0.131. The van der Waals surface area contributed by atoms with E-state index in [9.17, 15) is 4.79 Å². The summed E-state index contributed by atoms with van der Waals surface area (Å²) in [4.78, 5) is 12.3. The average Bonchev–Trinajstić information content (AvgIpc) is 2.52. The Morgan fingerprint density at radius 3 is 3.08 bits per heavy atom. The Labute approximate surface area is 77.8 Å². The Kier molecular flexibility index (Phi) is 3.92. The van der Waals surface area contributed by atoms with Crippen LogP contribution in [0.5, 0.6) is 0 Å². The summed E-state index contributed by atoms with van der Waals surface area (Å²) in [5, 5.41) is 8.36. The van der Waals surface area contributed by atoms with Gasteiger partial charge in [-0.25, -0.2) is 4.79 Å². The highest BCUT2D eigenvalue weighted by atomic mass is 16.5. The van der Waals surface area contributed by atoms with Crippen LogP contribution in [-0.2, 0) is 9.53 Å². The van der Waals surface area contributed by atoms with E-state index in [1.54, 1.807) is 13.2 Å². The molecule has 1 rings (SSSR count). The molecule has 0 spiro atoms. The molecule has 0 aromatic rings. The van der Waals surface area contributed by atoms with Gasteiger partial charge in [0.25, 0.3) is 0 Å². The second-order valence-electron chi connectivity index (χ2n) is 3.15. The van der Waals surface area contributed by atoms with Crippen LogP contribution >= 0.6 is 0 Å². The largest absolute Gasteiger partial charge is 0.478 e. The Morgan fingerprint density at radius 1 is 1.77 bits per heavy atom. The van der Waals surface area contributed by atoms with Crippen molar-refractivity contribution in [3.8, 4) is 0 Å². The van der Waals surface area contributed by atoms with Gasteiger partial charge in [0.2, 0.25) is 0 Å². The second-order valence-corrected chi connectivity index (χ2v) is 3.15. The van der Waals surface area contributed by atoms with Crippen molar-refractivity contribution in [1.29, 1.82) is 0 Å². The van der Waals surface area contributed by atoms with Crippen LogP contribution in [0.3, 0.4) is 0 Å². The molecule has 1 saturated heterocycles. The van der Waals surface area contributed by atoms with E-state index in [0.29, 0.717) is 12.6 Å². The molecule has 4 nitrogen and oxygen atoms in total. The molecule has 74 valence electrons. The predicted molar refractivity (Wildman–Crippen MR) is 48.6 cm³/mol. The number of hydrogen-bond acceptors (Lipinski definition) is 3. The monoisotopic (exact) mass is 185 g/mol. The van der Waals surface area contributed by atoms with Crippen LogP contribution in [0, 0.1) is 0 Å². The topological polar surface area (TPSA) is 49.8 Å². The molecule has 0 saturated carbocycles. The molecule has 1 heterocycles. The van der Waals surface area contributed by atoms with Gasteiger partial charge in [-0.15, -0.1) is 0 Å². The van der Waals surface area contributed by atoms with Crippen molar-refractivity contribution in [2.24, 2.45) is 0 Å². The van der Waals surface area contributed by atoms with Crippen molar-refractivity contribution < 1.29 is 14.6 Å². The highest BCUT2D eigenvalue weighted by Crippen LogP contribution is 2.10. The number of rotatable bonds is 4. The van der Waals surface area contributed by atoms with E-state index in [1.165, 1.54) is 6.08 Å². The van der Waals surface area contributed by atoms with Crippen molar-refractivity contribution in [2.75, 3.05) is 26.7 Å². The first-order valence-corrected chi connectivity index (χ1v) is 4.37. The summed E-state index contributed by atoms with van der Waals surface area (Å²) >= 11 is 0. The third kappa shape index (κ3) is 3.57. The fraction of sp³-hybridized carbons (Fsp3) is 0.667. The smallest absolute Gasteiger partial charge is 0.328 e. The Balaban J connectivity index is 2.20. The third-order valence-corrected chi connectivity index (χ3v) is 2.19. The van der Waals surface area contributed by atoms with E-state index >= 15 is 0 Å². The summed E-state index contributed by atoms with van der Waals surface area (Å²) in [5.41, 5.74) is 0. The van der Waals surface area contributed by atoms with Crippen molar-refractivity contribution >= 4 is 5.97 Å². The van der Waals surface area contributed by atoms with Gasteiger partial charge in [0.05, 0.1) is 6.10 Å². The minimum absolute atomic E-state index is 0.318. The van der Waals surface area contributed by atoms with E-state index < -0.39 is 5.97 Å². The zero-order valence-electron chi connectivity index (χ0n) is 7.77. The summed E-state index contributed by atoms with van der Waals surface area (Å²) in [7, 11) is 1.71. The number of nitrogens with zero attached hydrogens (tertiary/aromatic N) is 1. The number of aliphatic carboxylic acids is 1. The van der Waals surface area contributed by atoms with Crippen LogP contribution in [0.15, 0.2) is 12.2 Å². The van der Waals surface area contributed by atoms with Gasteiger partial charge in [-0.1, -0.05) is 6.08 Å². The van der Waals surface area contributed by atoms with Crippen molar-refractivity contribution in [3.63, 3.8) is 0 Å². The summed E-state index contributed by atoms with van der Waals surface area (Å²) in [6, 6.07) is 0. The Bertz CT molecular complexity index is 203. The number of carboxylic acids is 1. The molecule has 13 heavy (non-hydrogen) atoms. The van der Waals surface area contributed by atoms with Gasteiger partial charge >= 0.3 is 5.97 Å². The molecular weight excluding hydrogens is 170 g/mol. The molecule has 1 aliphatic heterocycles. The molecule has 1 N–H and O–H groups in total. The SMILES string of the molecule is CO[C@H]1CCN(CC=CC(=O)O)C1. The first kappa shape index (κ1) is 10.2. The number of carbonyl (C=O) groups is 1. The summed E-state index contributed by atoms with van der Waals surface area (Å²) in [5.74, 6) is -0.887. The predicted octanol–water partition coefficient (Wildman–Crippen LogP) is 0.348. The fourth-order valence-corrected chi connectivity index (χ4v) is 1.46. The highest BCUT2D eigenvalue weighted by molar-refractivity contribution is 5.79. The molecule has 0 amide bonds. The normalized spacial score (nSPS) is 24.2. The minimum atomic E-state index is -0.887. The fourth-order valence-electron chi connectivity index (χ4n) is 1.46. The van der Waals surface area contributed by atoms with Gasteiger partial charge in [-0.2, -0.15) is 0 Å². The molecule has 1 aliphatic rings. The first-order chi connectivity index (χ1) is 6.22. The van der Waals surface area contributed by atoms with Gasteiger partial charge in [-0.05, 0) is 6.42 Å². The van der Waals surface area contributed by atoms with Crippen LogP contribution in [0.25, 0.3) is 0 Å². The molecule has 0 bridgehead atoms. The molecule has 4 heteroatoms. The summed E-state index contributed by atoms with van der Waals surface area (Å²) in [6.07, 6.45) is 4.20. The third-order valence-electron chi connectivity index (χ3n) is 2.19. The number of ether oxygens (including phenoxy) is 1. The first-order valence-electron chi connectivity index (χ1n) is 4.37. The highest BCUT2D eigenvalue weighted by Gasteiger charge is 2.20. The average molecular weight is 185 g/mol. The molecule has 0 unspecified atom stereocenters. The van der Waals surface area contributed by atoms with E-state index in [-0.39, 0.29) is 0 Å². The molecule has 1 atom stereocenters. The maximum absolute atomic E-state index is 10.2. The maximum Gasteiger partial charge on any atom is 0.328 e. The van der Waals surface area contributed by atoms with E-state index in [4.69, 9.17) is 9.84 Å².